The molecule has 176 valence electrons. The molecule has 2 aromatic carbocycles. The average Bonchev–Trinajstić information content (AvgIpc) is 2.80. The summed E-state index contributed by atoms with van der Waals surface area (Å²) in [6.07, 6.45) is 0.519. The third-order valence-electron chi connectivity index (χ3n) is 6.53. The predicted octanol–water partition coefficient (Wildman–Crippen LogP) is 4.54. The molecular weight excluding hydrogens is 435 g/mol. The Morgan fingerprint density at radius 1 is 1.12 bits per heavy atom. The van der Waals surface area contributed by atoms with Crippen molar-refractivity contribution in [3.05, 3.63) is 57.9 Å². The molecule has 1 fully saturated rings. The van der Waals surface area contributed by atoms with Crippen LogP contribution in [0.25, 0.3) is 22.1 Å². The SMILES string of the molecule is COc1ccccc1-c1c(C(F)(F)F)oc2c(C[NH+](C)C3CCCCC3)c(O)ccc2c1=O. The number of hydrogen-bond acceptors (Lipinski definition) is 4. The molecule has 1 unspecified atom stereocenters. The predicted molar refractivity (Wildman–Crippen MR) is 119 cm³/mol. The van der Waals surface area contributed by atoms with Crippen molar-refractivity contribution in [3.63, 3.8) is 0 Å². The number of phenols is 1. The lowest BCUT2D eigenvalue weighted by Gasteiger charge is -2.28. The zero-order valence-electron chi connectivity index (χ0n) is 18.6. The number of quaternary nitrogens is 1. The second-order valence-electron chi connectivity index (χ2n) is 8.63. The molecule has 2 N–H and O–H groups in total. The van der Waals surface area contributed by atoms with Gasteiger partial charge in [0.15, 0.2) is 5.58 Å². The Morgan fingerprint density at radius 3 is 2.48 bits per heavy atom. The fourth-order valence-electron chi connectivity index (χ4n) is 4.79. The van der Waals surface area contributed by atoms with Gasteiger partial charge >= 0.3 is 6.18 Å². The molecule has 1 aliphatic carbocycles. The topological polar surface area (TPSA) is 64.1 Å². The summed E-state index contributed by atoms with van der Waals surface area (Å²) in [5, 5.41) is 10.5. The van der Waals surface area contributed by atoms with Gasteiger partial charge < -0.3 is 19.2 Å². The van der Waals surface area contributed by atoms with E-state index in [1.54, 1.807) is 6.07 Å². The maximum atomic E-state index is 14.1. The van der Waals surface area contributed by atoms with Gasteiger partial charge in [-0.15, -0.1) is 0 Å². The monoisotopic (exact) mass is 462 g/mol. The molecule has 5 nitrogen and oxygen atoms in total. The number of para-hydroxylation sites is 1. The average molecular weight is 462 g/mol. The Labute approximate surface area is 189 Å². The Bertz CT molecular complexity index is 1210. The van der Waals surface area contributed by atoms with Gasteiger partial charge in [0, 0.05) is 5.56 Å². The molecule has 1 heterocycles. The maximum absolute atomic E-state index is 14.1. The normalized spacial score (nSPS) is 16.2. The Hall–Kier alpha value is -3.00. The summed E-state index contributed by atoms with van der Waals surface area (Å²) < 4.78 is 53.0. The van der Waals surface area contributed by atoms with Gasteiger partial charge in [-0.05, 0) is 43.9 Å². The van der Waals surface area contributed by atoms with E-state index < -0.39 is 22.9 Å². The molecule has 33 heavy (non-hydrogen) atoms. The summed E-state index contributed by atoms with van der Waals surface area (Å²) in [5.41, 5.74) is -1.42. The van der Waals surface area contributed by atoms with Gasteiger partial charge in [-0.25, -0.2) is 0 Å². The van der Waals surface area contributed by atoms with Crippen LogP contribution < -0.4 is 15.1 Å². The first-order valence-corrected chi connectivity index (χ1v) is 11.1. The molecule has 0 saturated heterocycles. The van der Waals surface area contributed by atoms with Crippen molar-refractivity contribution in [1.82, 2.24) is 0 Å². The van der Waals surface area contributed by atoms with Crippen molar-refractivity contribution in [3.8, 4) is 22.6 Å². The number of methoxy groups -OCH3 is 1. The van der Waals surface area contributed by atoms with Crippen molar-refractivity contribution < 1.29 is 32.3 Å². The highest BCUT2D eigenvalue weighted by atomic mass is 19.4. The van der Waals surface area contributed by atoms with Crippen LogP contribution in [0.2, 0.25) is 0 Å². The molecule has 8 heteroatoms. The van der Waals surface area contributed by atoms with Gasteiger partial charge in [0.2, 0.25) is 11.2 Å². The van der Waals surface area contributed by atoms with Gasteiger partial charge in [0.05, 0.1) is 36.7 Å². The van der Waals surface area contributed by atoms with Crippen LogP contribution in [-0.4, -0.2) is 25.3 Å². The lowest BCUT2D eigenvalue weighted by Crippen LogP contribution is -3.11. The van der Waals surface area contributed by atoms with E-state index in [4.69, 9.17) is 9.15 Å². The minimum atomic E-state index is -4.92. The van der Waals surface area contributed by atoms with Gasteiger partial charge in [0.1, 0.15) is 18.0 Å². The van der Waals surface area contributed by atoms with Gasteiger partial charge in [0.25, 0.3) is 0 Å². The van der Waals surface area contributed by atoms with Crippen molar-refractivity contribution in [1.29, 1.82) is 0 Å². The van der Waals surface area contributed by atoms with Crippen molar-refractivity contribution in [2.24, 2.45) is 0 Å². The van der Waals surface area contributed by atoms with Crippen LogP contribution in [-0.2, 0) is 12.7 Å². The summed E-state index contributed by atoms with van der Waals surface area (Å²) >= 11 is 0. The molecule has 1 aliphatic rings. The number of alkyl halides is 3. The van der Waals surface area contributed by atoms with Crippen molar-refractivity contribution in [2.75, 3.05) is 14.2 Å². The number of hydrogen-bond donors (Lipinski definition) is 2. The standard InChI is InChI=1S/C25H26F3NO4/c1-29(15-8-4-3-5-9-15)14-18-19(30)13-12-17-22(31)21(16-10-6-7-11-20(16)32-2)24(25(26,27)28)33-23(17)18/h6-7,10-13,15,30H,3-5,8-9,14H2,1-2H3/p+1. The highest BCUT2D eigenvalue weighted by Gasteiger charge is 2.40. The van der Waals surface area contributed by atoms with E-state index in [9.17, 15) is 23.1 Å². The van der Waals surface area contributed by atoms with E-state index in [0.29, 0.717) is 6.04 Å². The van der Waals surface area contributed by atoms with E-state index in [1.165, 1.54) is 43.9 Å². The molecular formula is C25H27F3NO4+. The lowest BCUT2D eigenvalue weighted by molar-refractivity contribution is -0.921. The fourth-order valence-corrected chi connectivity index (χ4v) is 4.79. The van der Waals surface area contributed by atoms with E-state index in [0.717, 1.165) is 30.6 Å². The minimum absolute atomic E-state index is 0.00236. The largest absolute Gasteiger partial charge is 0.507 e. The number of phenolic OH excluding ortho intramolecular Hbond substituents is 1. The van der Waals surface area contributed by atoms with Crippen LogP contribution in [0.1, 0.15) is 43.4 Å². The lowest BCUT2D eigenvalue weighted by atomic mass is 9.94. The van der Waals surface area contributed by atoms with Crippen LogP contribution in [0.5, 0.6) is 11.5 Å². The molecule has 1 aromatic heterocycles. The Balaban J connectivity index is 1.93. The highest BCUT2D eigenvalue weighted by molar-refractivity contribution is 5.87. The molecule has 0 spiro atoms. The molecule has 1 saturated carbocycles. The zero-order valence-corrected chi connectivity index (χ0v) is 18.6. The number of halogens is 3. The third-order valence-corrected chi connectivity index (χ3v) is 6.53. The molecule has 0 radical (unpaired) electrons. The number of rotatable bonds is 5. The van der Waals surface area contributed by atoms with E-state index in [2.05, 4.69) is 0 Å². The second-order valence-corrected chi connectivity index (χ2v) is 8.63. The molecule has 0 amide bonds. The fraction of sp³-hybridized carbons (Fsp3) is 0.400. The smallest absolute Gasteiger partial charge is 0.450 e. The van der Waals surface area contributed by atoms with Crippen LogP contribution in [0.3, 0.4) is 0 Å². The Kier molecular flexibility index (Phi) is 6.38. The van der Waals surface area contributed by atoms with E-state index in [1.807, 2.05) is 7.05 Å². The summed E-state index contributed by atoms with van der Waals surface area (Å²) in [6.45, 7) is 0.252. The first-order chi connectivity index (χ1) is 15.7. The summed E-state index contributed by atoms with van der Waals surface area (Å²) in [4.78, 5) is 14.5. The first-order valence-electron chi connectivity index (χ1n) is 11.1. The molecule has 3 aromatic rings. The van der Waals surface area contributed by atoms with Crippen LogP contribution >= 0.6 is 0 Å². The van der Waals surface area contributed by atoms with Gasteiger partial charge in [-0.1, -0.05) is 24.6 Å². The summed E-state index contributed by atoms with van der Waals surface area (Å²) in [7, 11) is 3.29. The number of ether oxygens (including phenoxy) is 1. The number of fused-ring (bicyclic) bond motifs is 1. The second kappa shape index (κ2) is 9.09. The first kappa shape index (κ1) is 23.2. The summed E-state index contributed by atoms with van der Waals surface area (Å²) in [5.74, 6) is -1.44. The third kappa shape index (κ3) is 4.44. The van der Waals surface area contributed by atoms with E-state index in [-0.39, 0.29) is 40.1 Å². The maximum Gasteiger partial charge on any atom is 0.450 e. The Morgan fingerprint density at radius 2 is 1.82 bits per heavy atom. The van der Waals surface area contributed by atoms with Crippen LogP contribution in [0.4, 0.5) is 13.2 Å². The molecule has 0 bridgehead atoms. The van der Waals surface area contributed by atoms with Crippen LogP contribution in [0, 0.1) is 0 Å². The van der Waals surface area contributed by atoms with Gasteiger partial charge in [-0.2, -0.15) is 13.2 Å². The molecule has 4 rings (SSSR count). The number of aromatic hydroxyl groups is 1. The zero-order chi connectivity index (χ0) is 23.8. The number of benzene rings is 2. The molecule has 0 aliphatic heterocycles. The minimum Gasteiger partial charge on any atom is -0.507 e. The van der Waals surface area contributed by atoms with E-state index >= 15 is 0 Å². The van der Waals surface area contributed by atoms with Gasteiger partial charge in [-0.3, -0.25) is 4.79 Å². The quantitative estimate of drug-likeness (QED) is 0.585. The van der Waals surface area contributed by atoms with Crippen LogP contribution in [0.15, 0.2) is 45.6 Å². The highest BCUT2D eigenvalue weighted by Crippen LogP contribution is 2.41. The number of nitrogens with one attached hydrogen (secondary N) is 1. The van der Waals surface area contributed by atoms with Crippen molar-refractivity contribution in [2.45, 2.75) is 50.9 Å². The summed E-state index contributed by atoms with van der Waals surface area (Å²) in [6, 6.07) is 9.04. The molecule has 1 atom stereocenters. The van der Waals surface area contributed by atoms with Crippen molar-refractivity contribution >= 4 is 11.0 Å².